The number of hydrogen-bond donors (Lipinski definition) is 3. The summed E-state index contributed by atoms with van der Waals surface area (Å²) in [6.07, 6.45) is 3.03. The Kier molecular flexibility index (Phi) is 5.02. The lowest BCUT2D eigenvalue weighted by Gasteiger charge is -2.35. The third kappa shape index (κ3) is 3.71. The Labute approximate surface area is 163 Å². The van der Waals surface area contributed by atoms with Crippen LogP contribution in [0.25, 0.3) is 10.9 Å². The second-order valence-electron chi connectivity index (χ2n) is 7.18. The average Bonchev–Trinajstić information content (AvgIpc) is 3.16. The highest BCUT2D eigenvalue weighted by molar-refractivity contribution is 5.87. The number of piperidine rings is 1. The van der Waals surface area contributed by atoms with Crippen LogP contribution in [0.5, 0.6) is 0 Å². The SMILES string of the molecule is O=C(O)c1ccc(CNC(=O)N2CCCCC2c2cc3ccccc3[nH]2)cc1. The molecule has 1 aliphatic rings. The highest BCUT2D eigenvalue weighted by Crippen LogP contribution is 2.32. The molecular formula is C22H23N3O3. The largest absolute Gasteiger partial charge is 0.478 e. The molecule has 6 nitrogen and oxygen atoms in total. The van der Waals surface area contributed by atoms with Gasteiger partial charge in [-0.2, -0.15) is 0 Å². The Bertz CT molecular complexity index is 961. The number of carbonyl (C=O) groups is 2. The third-order valence-corrected chi connectivity index (χ3v) is 5.32. The van der Waals surface area contributed by atoms with Crippen LogP contribution < -0.4 is 5.32 Å². The molecule has 1 atom stereocenters. The minimum atomic E-state index is -0.954. The van der Waals surface area contributed by atoms with E-state index in [1.165, 1.54) is 0 Å². The molecule has 0 aliphatic carbocycles. The van der Waals surface area contributed by atoms with Crippen molar-refractivity contribution in [2.75, 3.05) is 6.54 Å². The van der Waals surface area contributed by atoms with Gasteiger partial charge in [-0.25, -0.2) is 9.59 Å². The number of likely N-dealkylation sites (tertiary alicyclic amines) is 1. The first-order valence-corrected chi connectivity index (χ1v) is 9.56. The van der Waals surface area contributed by atoms with Gasteiger partial charge in [-0.15, -0.1) is 0 Å². The Morgan fingerprint density at radius 2 is 1.89 bits per heavy atom. The molecule has 6 heteroatoms. The Balaban J connectivity index is 1.46. The molecule has 1 aromatic heterocycles. The van der Waals surface area contributed by atoms with Crippen LogP contribution in [0.1, 0.15) is 46.9 Å². The molecule has 0 bridgehead atoms. The van der Waals surface area contributed by atoms with E-state index in [4.69, 9.17) is 5.11 Å². The van der Waals surface area contributed by atoms with Crippen molar-refractivity contribution in [2.45, 2.75) is 31.8 Å². The fourth-order valence-corrected chi connectivity index (χ4v) is 3.82. The summed E-state index contributed by atoms with van der Waals surface area (Å²) >= 11 is 0. The number of nitrogens with one attached hydrogen (secondary N) is 2. The third-order valence-electron chi connectivity index (χ3n) is 5.32. The molecule has 2 amide bonds. The predicted octanol–water partition coefficient (Wildman–Crippen LogP) is 4.30. The number of carboxylic acids is 1. The summed E-state index contributed by atoms with van der Waals surface area (Å²) in [6, 6.07) is 16.8. The van der Waals surface area contributed by atoms with Gasteiger partial charge in [0, 0.05) is 24.3 Å². The summed E-state index contributed by atoms with van der Waals surface area (Å²) in [5.74, 6) is -0.954. The van der Waals surface area contributed by atoms with E-state index in [1.54, 1.807) is 24.3 Å². The van der Waals surface area contributed by atoms with E-state index in [0.717, 1.165) is 48.0 Å². The maximum Gasteiger partial charge on any atom is 0.335 e. The van der Waals surface area contributed by atoms with Crippen LogP contribution in [-0.2, 0) is 6.54 Å². The van der Waals surface area contributed by atoms with E-state index in [9.17, 15) is 9.59 Å². The number of H-pyrrole nitrogens is 1. The first-order valence-electron chi connectivity index (χ1n) is 9.56. The zero-order chi connectivity index (χ0) is 19.5. The molecule has 0 saturated carbocycles. The number of aromatic amines is 1. The second-order valence-corrected chi connectivity index (χ2v) is 7.18. The highest BCUT2D eigenvalue weighted by Gasteiger charge is 2.29. The molecule has 3 aromatic rings. The quantitative estimate of drug-likeness (QED) is 0.633. The highest BCUT2D eigenvalue weighted by atomic mass is 16.4. The molecule has 144 valence electrons. The maximum absolute atomic E-state index is 12.9. The smallest absolute Gasteiger partial charge is 0.335 e. The number of para-hydroxylation sites is 1. The average molecular weight is 377 g/mol. The van der Waals surface area contributed by atoms with E-state index in [0.29, 0.717) is 6.54 Å². The minimum absolute atomic E-state index is 0.0375. The topological polar surface area (TPSA) is 85.4 Å². The second kappa shape index (κ2) is 7.76. The number of carboxylic acid groups (broad SMARTS) is 1. The first-order chi connectivity index (χ1) is 13.6. The molecule has 1 fully saturated rings. The van der Waals surface area contributed by atoms with E-state index in [1.807, 2.05) is 23.1 Å². The summed E-state index contributed by atoms with van der Waals surface area (Å²) in [4.78, 5) is 29.2. The van der Waals surface area contributed by atoms with Crippen LogP contribution in [0.4, 0.5) is 4.79 Å². The monoisotopic (exact) mass is 377 g/mol. The zero-order valence-electron chi connectivity index (χ0n) is 15.5. The van der Waals surface area contributed by atoms with E-state index in [2.05, 4.69) is 22.4 Å². The molecule has 2 heterocycles. The van der Waals surface area contributed by atoms with Crippen molar-refractivity contribution in [1.29, 1.82) is 0 Å². The number of aromatic nitrogens is 1. The Morgan fingerprint density at radius 1 is 1.11 bits per heavy atom. The van der Waals surface area contributed by atoms with Crippen LogP contribution in [0, 0.1) is 0 Å². The van der Waals surface area contributed by atoms with Gasteiger partial charge in [0.1, 0.15) is 0 Å². The van der Waals surface area contributed by atoms with Crippen molar-refractivity contribution < 1.29 is 14.7 Å². The van der Waals surface area contributed by atoms with Crippen LogP contribution in [0.15, 0.2) is 54.6 Å². The number of carbonyl (C=O) groups excluding carboxylic acids is 1. The summed E-state index contributed by atoms with van der Waals surface area (Å²) in [5.41, 5.74) is 3.27. The lowest BCUT2D eigenvalue weighted by atomic mass is 9.99. The lowest BCUT2D eigenvalue weighted by molar-refractivity contribution is 0.0697. The normalized spacial score (nSPS) is 16.9. The van der Waals surface area contributed by atoms with Crippen molar-refractivity contribution in [1.82, 2.24) is 15.2 Å². The van der Waals surface area contributed by atoms with E-state index < -0.39 is 5.97 Å². The van der Waals surface area contributed by atoms with Gasteiger partial charge in [-0.05, 0) is 54.5 Å². The summed E-state index contributed by atoms with van der Waals surface area (Å²) < 4.78 is 0. The molecule has 1 unspecified atom stereocenters. The summed E-state index contributed by atoms with van der Waals surface area (Å²) in [5, 5.41) is 13.1. The van der Waals surface area contributed by atoms with Crippen LogP contribution in [0.3, 0.4) is 0 Å². The van der Waals surface area contributed by atoms with Gasteiger partial charge in [0.05, 0.1) is 11.6 Å². The number of nitrogens with zero attached hydrogens (tertiary/aromatic N) is 1. The standard InChI is InChI=1S/C22H23N3O3/c26-21(27)16-10-8-15(9-11-16)14-23-22(28)25-12-4-3-7-20(25)19-13-17-5-1-2-6-18(17)24-19/h1-2,5-6,8-11,13,20,24H,3-4,7,12,14H2,(H,23,28)(H,26,27). The molecule has 1 saturated heterocycles. The van der Waals surface area contributed by atoms with Crippen LogP contribution in [-0.4, -0.2) is 33.5 Å². The maximum atomic E-state index is 12.9. The summed E-state index contributed by atoms with van der Waals surface area (Å²) in [7, 11) is 0. The number of amides is 2. The van der Waals surface area contributed by atoms with Gasteiger partial charge in [0.2, 0.25) is 0 Å². The number of hydrogen-bond acceptors (Lipinski definition) is 2. The summed E-state index contributed by atoms with van der Waals surface area (Å²) in [6.45, 7) is 1.10. The van der Waals surface area contributed by atoms with Crippen molar-refractivity contribution in [3.8, 4) is 0 Å². The Hall–Kier alpha value is -3.28. The van der Waals surface area contributed by atoms with Gasteiger partial charge < -0.3 is 20.3 Å². The fourth-order valence-electron chi connectivity index (χ4n) is 3.82. The molecule has 0 radical (unpaired) electrons. The molecule has 3 N–H and O–H groups in total. The minimum Gasteiger partial charge on any atom is -0.478 e. The number of fused-ring (bicyclic) bond motifs is 1. The van der Waals surface area contributed by atoms with Gasteiger partial charge >= 0.3 is 12.0 Å². The fraction of sp³-hybridized carbons (Fsp3) is 0.273. The van der Waals surface area contributed by atoms with Crippen LogP contribution in [0.2, 0.25) is 0 Å². The molecule has 1 aliphatic heterocycles. The number of aromatic carboxylic acids is 1. The van der Waals surface area contributed by atoms with Gasteiger partial charge in [-0.1, -0.05) is 30.3 Å². The van der Waals surface area contributed by atoms with Crippen molar-refractivity contribution in [3.63, 3.8) is 0 Å². The van der Waals surface area contributed by atoms with Crippen molar-refractivity contribution in [3.05, 3.63) is 71.4 Å². The zero-order valence-corrected chi connectivity index (χ0v) is 15.5. The molecule has 4 rings (SSSR count). The van der Waals surface area contributed by atoms with E-state index >= 15 is 0 Å². The Morgan fingerprint density at radius 3 is 2.64 bits per heavy atom. The number of benzene rings is 2. The first kappa shape index (κ1) is 18.1. The molecule has 0 spiro atoms. The molecule has 28 heavy (non-hydrogen) atoms. The van der Waals surface area contributed by atoms with Gasteiger partial charge in [0.15, 0.2) is 0 Å². The van der Waals surface area contributed by atoms with Crippen LogP contribution >= 0.6 is 0 Å². The van der Waals surface area contributed by atoms with Gasteiger partial charge in [0.25, 0.3) is 0 Å². The molecular weight excluding hydrogens is 354 g/mol. The van der Waals surface area contributed by atoms with Crippen molar-refractivity contribution in [2.24, 2.45) is 0 Å². The lowest BCUT2D eigenvalue weighted by Crippen LogP contribution is -2.44. The number of urea groups is 1. The van der Waals surface area contributed by atoms with Crippen molar-refractivity contribution >= 4 is 22.9 Å². The van der Waals surface area contributed by atoms with Gasteiger partial charge in [-0.3, -0.25) is 0 Å². The predicted molar refractivity (Wildman–Crippen MR) is 107 cm³/mol. The number of rotatable bonds is 4. The van der Waals surface area contributed by atoms with E-state index in [-0.39, 0.29) is 17.6 Å². The molecule has 2 aromatic carbocycles.